The minimum absolute atomic E-state index is 0.0531. The maximum absolute atomic E-state index is 13.3. The largest absolute Gasteiger partial charge is 0.422 e. The molecular weight excluding hydrogens is 1020 g/mol. The number of benzene rings is 6. The molecule has 0 amide bonds. The summed E-state index contributed by atoms with van der Waals surface area (Å²) in [5.41, 5.74) is 9.37. The van der Waals surface area contributed by atoms with Crippen LogP contribution in [0.4, 0.5) is 17.1 Å². The molecule has 0 aliphatic carbocycles. The number of para-hydroxylation sites is 2. The monoisotopic (exact) mass is 1090 g/mol. The fourth-order valence-corrected chi connectivity index (χ4v) is 13.1. The molecule has 0 radical (unpaired) electrons. The number of nitrogens with zero attached hydrogens (tertiary/aromatic N) is 4. The Labute approximate surface area is 456 Å². The Hall–Kier alpha value is -7.30. The first-order valence-electron chi connectivity index (χ1n) is 26.8. The van der Waals surface area contributed by atoms with Crippen LogP contribution in [0.3, 0.4) is 0 Å². The standard InChI is InChI=1S/C63H67N5O8S2/c1-6-66(47-30-27-46-41-50(61(69)76-55(46)42-47)60-64-51-22-14-15-23-52(51)65-60)37-34-43-26-31-49-45(40-43)29-33-54-59(49)63(4,5)57(68(54)36-17-19-39-78(73,74)75)25-11-9-7-8-10-24-56-62(2,3)58-48-21-13-12-20-44(48)28-32-53(58)67(56)35-16-18-38-77(70,71)72/h7-15,20-33,40-42,57H,6,16-19,34-39H2,1-5H3,(H,64,65)(H,70,71,72)(H,73,74,75)/b9-7+,10-8+,25-11+,56-24+. The summed E-state index contributed by atoms with van der Waals surface area (Å²) >= 11 is 0. The fraction of sp³-hybridized carbons (Fsp3) is 0.302. The molecule has 3 N–H and O–H groups in total. The molecule has 15 heteroatoms. The smallest absolute Gasteiger partial charge is 0.347 e. The van der Waals surface area contributed by atoms with Crippen molar-refractivity contribution in [2.24, 2.45) is 0 Å². The lowest BCUT2D eigenvalue weighted by atomic mass is 9.78. The maximum Gasteiger partial charge on any atom is 0.347 e. The van der Waals surface area contributed by atoms with Crippen molar-refractivity contribution in [1.82, 2.24) is 9.97 Å². The molecule has 4 heterocycles. The molecule has 0 spiro atoms. The molecule has 2 aliphatic rings. The molecule has 78 heavy (non-hydrogen) atoms. The van der Waals surface area contributed by atoms with Crippen LogP contribution in [-0.4, -0.2) is 79.6 Å². The zero-order chi connectivity index (χ0) is 55.0. The summed E-state index contributed by atoms with van der Waals surface area (Å²) in [5.74, 6) is -0.0754. The topological polar surface area (TPSA) is 177 Å². The first-order chi connectivity index (χ1) is 37.3. The summed E-state index contributed by atoms with van der Waals surface area (Å²) in [6.07, 6.45) is 17.2. The molecule has 0 fully saturated rings. The van der Waals surface area contributed by atoms with E-state index in [0.29, 0.717) is 55.7 Å². The third-order valence-electron chi connectivity index (χ3n) is 15.7. The van der Waals surface area contributed by atoms with Crippen molar-refractivity contribution < 1.29 is 30.4 Å². The van der Waals surface area contributed by atoms with E-state index in [4.69, 9.17) is 4.42 Å². The van der Waals surface area contributed by atoms with Gasteiger partial charge in [0.05, 0.1) is 28.6 Å². The highest BCUT2D eigenvalue weighted by atomic mass is 32.2. The van der Waals surface area contributed by atoms with Crippen molar-refractivity contribution in [3.63, 3.8) is 0 Å². The van der Waals surface area contributed by atoms with Crippen LogP contribution in [0.2, 0.25) is 0 Å². The molecule has 8 aromatic rings. The summed E-state index contributed by atoms with van der Waals surface area (Å²) in [6.45, 7) is 13.8. The number of aromatic amines is 1. The molecule has 10 rings (SSSR count). The maximum atomic E-state index is 13.3. The summed E-state index contributed by atoms with van der Waals surface area (Å²) in [4.78, 5) is 28.1. The Morgan fingerprint density at radius 3 is 2.15 bits per heavy atom. The molecule has 0 saturated heterocycles. The lowest BCUT2D eigenvalue weighted by Crippen LogP contribution is -2.40. The van der Waals surface area contributed by atoms with Crippen LogP contribution in [0.25, 0.3) is 54.9 Å². The molecule has 2 aliphatic heterocycles. The summed E-state index contributed by atoms with van der Waals surface area (Å²) < 4.78 is 71.2. The summed E-state index contributed by atoms with van der Waals surface area (Å²) in [7, 11) is -8.12. The number of nitrogens with one attached hydrogen (secondary N) is 1. The van der Waals surface area contributed by atoms with Gasteiger partial charge in [0.1, 0.15) is 17.0 Å². The molecule has 6 aromatic carbocycles. The predicted molar refractivity (Wildman–Crippen MR) is 318 cm³/mol. The van der Waals surface area contributed by atoms with Gasteiger partial charge in [-0.3, -0.25) is 9.11 Å². The molecular formula is C63H67N5O8S2. The Morgan fingerprint density at radius 2 is 1.38 bits per heavy atom. The number of likely N-dealkylation sites (N-methyl/N-ethyl adjacent to an activating group) is 1. The first-order valence-corrected chi connectivity index (χ1v) is 30.1. The minimum atomic E-state index is -4.08. The number of H-pyrrole nitrogens is 1. The number of anilines is 3. The van der Waals surface area contributed by atoms with Gasteiger partial charge in [-0.05, 0) is 126 Å². The third kappa shape index (κ3) is 11.2. The van der Waals surface area contributed by atoms with E-state index in [0.717, 1.165) is 69.5 Å². The molecule has 2 aromatic heterocycles. The fourth-order valence-electron chi connectivity index (χ4n) is 11.9. The van der Waals surface area contributed by atoms with Gasteiger partial charge in [0.25, 0.3) is 20.2 Å². The molecule has 0 bridgehead atoms. The van der Waals surface area contributed by atoms with Gasteiger partial charge >= 0.3 is 5.63 Å². The van der Waals surface area contributed by atoms with Gasteiger partial charge in [0.15, 0.2) is 0 Å². The van der Waals surface area contributed by atoms with Crippen LogP contribution in [0.15, 0.2) is 173 Å². The molecule has 1 atom stereocenters. The van der Waals surface area contributed by atoms with Gasteiger partial charge in [-0.2, -0.15) is 16.8 Å². The molecule has 0 saturated carbocycles. The van der Waals surface area contributed by atoms with Crippen molar-refractivity contribution in [2.45, 2.75) is 83.6 Å². The van der Waals surface area contributed by atoms with E-state index < -0.39 is 25.9 Å². The third-order valence-corrected chi connectivity index (χ3v) is 17.3. The average Bonchev–Trinajstić information content (AvgIpc) is 4.22. The van der Waals surface area contributed by atoms with E-state index >= 15 is 0 Å². The van der Waals surface area contributed by atoms with Gasteiger partial charge in [-0.15, -0.1) is 0 Å². The van der Waals surface area contributed by atoms with Crippen LogP contribution >= 0.6 is 0 Å². The zero-order valence-corrected chi connectivity index (χ0v) is 46.4. The van der Waals surface area contributed by atoms with Crippen molar-refractivity contribution in [3.8, 4) is 11.4 Å². The number of hydrogen-bond acceptors (Lipinski definition) is 10. The predicted octanol–water partition coefficient (Wildman–Crippen LogP) is 12.9. The molecule has 1 unspecified atom stereocenters. The van der Waals surface area contributed by atoms with Crippen molar-refractivity contribution >= 4 is 80.8 Å². The number of aromatic nitrogens is 2. The minimum Gasteiger partial charge on any atom is -0.422 e. The Balaban J connectivity index is 0.858. The Morgan fingerprint density at radius 1 is 0.705 bits per heavy atom. The van der Waals surface area contributed by atoms with Crippen molar-refractivity contribution in [2.75, 3.05) is 52.4 Å². The van der Waals surface area contributed by atoms with Gasteiger partial charge in [-0.25, -0.2) is 9.78 Å². The van der Waals surface area contributed by atoms with Crippen molar-refractivity contribution in [1.29, 1.82) is 0 Å². The SMILES string of the molecule is CCN(CCc1ccc2c3c(ccc2c1)N(CCCCS(=O)(=O)O)C(/C=C/C=C/C=C/C=C1/N(CCCCS(=O)(=O)O)c2ccc4ccccc4c2C1(C)C)C3(C)C)c1ccc2cc(-c3nc4ccccc4[nH]3)c(=O)oc2c1. The number of rotatable bonds is 20. The summed E-state index contributed by atoms with van der Waals surface area (Å²) in [6, 6.07) is 39.2. The number of hydrogen-bond donors (Lipinski definition) is 3. The van der Waals surface area contributed by atoms with Gasteiger partial charge < -0.3 is 24.1 Å². The number of fused-ring (bicyclic) bond motifs is 8. The van der Waals surface area contributed by atoms with Gasteiger partial charge in [0, 0.05) is 71.2 Å². The van der Waals surface area contributed by atoms with Gasteiger partial charge in [-0.1, -0.05) is 131 Å². The van der Waals surface area contributed by atoms with E-state index in [-0.39, 0.29) is 28.4 Å². The summed E-state index contributed by atoms with van der Waals surface area (Å²) in [5, 5.41) is 5.47. The van der Waals surface area contributed by atoms with Crippen molar-refractivity contribution in [3.05, 3.63) is 191 Å². The van der Waals surface area contributed by atoms with E-state index in [2.05, 4.69) is 144 Å². The van der Waals surface area contributed by atoms with E-state index in [1.54, 1.807) is 0 Å². The van der Waals surface area contributed by atoms with Crippen LogP contribution in [0.5, 0.6) is 0 Å². The van der Waals surface area contributed by atoms with E-state index in [9.17, 15) is 30.7 Å². The number of unbranched alkanes of at least 4 members (excludes halogenated alkanes) is 2. The lowest BCUT2D eigenvalue weighted by molar-refractivity contribution is 0.468. The first kappa shape index (κ1) is 54.1. The Kier molecular flexibility index (Phi) is 15.1. The van der Waals surface area contributed by atoms with Crippen LogP contribution in [-0.2, 0) is 37.5 Å². The van der Waals surface area contributed by atoms with E-state index in [1.807, 2.05) is 72.8 Å². The number of allylic oxidation sites excluding steroid dienone is 7. The average molecular weight is 1090 g/mol. The molecule has 13 nitrogen and oxygen atoms in total. The van der Waals surface area contributed by atoms with Crippen LogP contribution < -0.4 is 20.3 Å². The lowest BCUT2D eigenvalue weighted by Gasteiger charge is -2.32. The van der Waals surface area contributed by atoms with Crippen LogP contribution in [0.1, 0.15) is 77.0 Å². The van der Waals surface area contributed by atoms with E-state index in [1.165, 1.54) is 27.5 Å². The molecule has 404 valence electrons. The normalized spacial score (nSPS) is 16.9. The number of imidazole rings is 1. The Bertz CT molecular complexity index is 3970. The second-order valence-corrected chi connectivity index (χ2v) is 24.8. The quantitative estimate of drug-likeness (QED) is 0.0285. The zero-order valence-electron chi connectivity index (χ0n) is 44.8. The second kappa shape index (κ2) is 21.9. The van der Waals surface area contributed by atoms with Gasteiger partial charge in [0.2, 0.25) is 0 Å². The second-order valence-electron chi connectivity index (χ2n) is 21.6. The highest BCUT2D eigenvalue weighted by molar-refractivity contribution is 7.86. The highest BCUT2D eigenvalue weighted by Crippen LogP contribution is 2.52. The van der Waals surface area contributed by atoms with Crippen LogP contribution in [0, 0.1) is 0 Å². The highest BCUT2D eigenvalue weighted by Gasteiger charge is 2.44.